The summed E-state index contributed by atoms with van der Waals surface area (Å²) in [6.45, 7) is 6.98. The van der Waals surface area contributed by atoms with Gasteiger partial charge in [-0.2, -0.15) is 0 Å². The standard InChI is InChI=1S/C35H48N8O4/c1-40(30-12-14-32(44)37-35(30)47)33(45)23-25-7-9-28(10-8-25)42-21-19-41(20-22-42)24-26-15-17-43(18-16-26)31-13-11-29(38-39-31)34(46)36-27-5-3-2-4-6-27/h7-11,13,26-27,30H,2-6,12,14-24H2,1H3,(H,36,46)(H,37,44,47). The molecule has 4 amide bonds. The Bertz CT molecular complexity index is 1400. The first-order valence-corrected chi connectivity index (χ1v) is 17.4. The van der Waals surface area contributed by atoms with E-state index in [9.17, 15) is 19.2 Å². The zero-order valence-electron chi connectivity index (χ0n) is 27.5. The first-order chi connectivity index (χ1) is 22.8. The lowest BCUT2D eigenvalue weighted by molar-refractivity contribution is -0.144. The Balaban J connectivity index is 0.898. The van der Waals surface area contributed by atoms with Gasteiger partial charge in [0.2, 0.25) is 17.7 Å². The first-order valence-electron chi connectivity index (χ1n) is 17.4. The highest BCUT2D eigenvalue weighted by Crippen LogP contribution is 2.25. The van der Waals surface area contributed by atoms with Crippen molar-refractivity contribution in [3.8, 4) is 0 Å². The predicted molar refractivity (Wildman–Crippen MR) is 179 cm³/mol. The normalized spacial score (nSPS) is 21.8. The molecule has 1 aromatic heterocycles. The molecule has 3 aliphatic heterocycles. The van der Waals surface area contributed by atoms with Crippen molar-refractivity contribution in [1.82, 2.24) is 30.6 Å². The van der Waals surface area contributed by atoms with E-state index >= 15 is 0 Å². The number of anilines is 2. The monoisotopic (exact) mass is 644 g/mol. The number of rotatable bonds is 9. The van der Waals surface area contributed by atoms with Crippen molar-refractivity contribution in [2.75, 3.05) is 62.7 Å². The minimum absolute atomic E-state index is 0.115. The van der Waals surface area contributed by atoms with Gasteiger partial charge < -0.3 is 20.0 Å². The van der Waals surface area contributed by atoms with Crippen molar-refractivity contribution in [3.63, 3.8) is 0 Å². The number of benzene rings is 1. The van der Waals surface area contributed by atoms with Crippen LogP contribution in [0.2, 0.25) is 0 Å². The van der Waals surface area contributed by atoms with Crippen LogP contribution in [0.5, 0.6) is 0 Å². The van der Waals surface area contributed by atoms with Crippen molar-refractivity contribution in [3.05, 3.63) is 47.7 Å². The summed E-state index contributed by atoms with van der Waals surface area (Å²) in [7, 11) is 1.63. The van der Waals surface area contributed by atoms with Gasteiger partial charge in [0.15, 0.2) is 11.5 Å². The van der Waals surface area contributed by atoms with Gasteiger partial charge >= 0.3 is 0 Å². The smallest absolute Gasteiger partial charge is 0.272 e. The molecule has 1 aliphatic carbocycles. The summed E-state index contributed by atoms with van der Waals surface area (Å²) in [4.78, 5) is 57.7. The van der Waals surface area contributed by atoms with Gasteiger partial charge in [-0.1, -0.05) is 31.4 Å². The topological polar surface area (TPSA) is 131 Å². The number of piperidine rings is 2. The van der Waals surface area contributed by atoms with E-state index in [0.717, 1.165) is 88.6 Å². The Hall–Kier alpha value is -4.06. The zero-order valence-corrected chi connectivity index (χ0v) is 27.5. The number of likely N-dealkylation sites (N-methyl/N-ethyl adjacent to an activating group) is 1. The summed E-state index contributed by atoms with van der Waals surface area (Å²) in [5, 5.41) is 14.1. The van der Waals surface area contributed by atoms with Crippen LogP contribution in [0.3, 0.4) is 0 Å². The highest BCUT2D eigenvalue weighted by molar-refractivity contribution is 6.01. The molecule has 47 heavy (non-hydrogen) atoms. The molecule has 0 spiro atoms. The quantitative estimate of drug-likeness (QED) is 0.395. The van der Waals surface area contributed by atoms with E-state index in [1.54, 1.807) is 7.05 Å². The van der Waals surface area contributed by atoms with Crippen molar-refractivity contribution >= 4 is 35.1 Å². The van der Waals surface area contributed by atoms with Crippen LogP contribution in [-0.2, 0) is 20.8 Å². The largest absolute Gasteiger partial charge is 0.369 e. The molecule has 4 heterocycles. The van der Waals surface area contributed by atoms with E-state index in [0.29, 0.717) is 18.0 Å². The molecule has 6 rings (SSSR count). The minimum atomic E-state index is -0.596. The number of amides is 4. The Morgan fingerprint density at radius 2 is 1.57 bits per heavy atom. The van der Waals surface area contributed by atoms with E-state index in [1.807, 2.05) is 24.3 Å². The van der Waals surface area contributed by atoms with Crippen molar-refractivity contribution in [2.24, 2.45) is 5.92 Å². The van der Waals surface area contributed by atoms with Gasteiger partial charge in [0.05, 0.1) is 6.42 Å². The third-order valence-electron chi connectivity index (χ3n) is 10.4. The van der Waals surface area contributed by atoms with E-state index in [2.05, 4.69) is 47.7 Å². The van der Waals surface area contributed by atoms with E-state index in [1.165, 1.54) is 24.2 Å². The number of aromatic nitrogens is 2. The van der Waals surface area contributed by atoms with Gasteiger partial charge in [-0.3, -0.25) is 29.4 Å². The fourth-order valence-electron chi connectivity index (χ4n) is 7.37. The number of piperazine rings is 1. The molecule has 4 fully saturated rings. The molecule has 12 heteroatoms. The summed E-state index contributed by atoms with van der Waals surface area (Å²) in [5.41, 5.74) is 2.46. The fraction of sp³-hybridized carbons (Fsp3) is 0.600. The van der Waals surface area contributed by atoms with Crippen molar-refractivity contribution in [2.45, 2.75) is 76.3 Å². The van der Waals surface area contributed by atoms with Gasteiger partial charge in [-0.15, -0.1) is 10.2 Å². The number of hydrogen-bond donors (Lipinski definition) is 2. The van der Waals surface area contributed by atoms with Gasteiger partial charge in [-0.05, 0) is 67.9 Å². The molecule has 1 aromatic carbocycles. The van der Waals surface area contributed by atoms with Crippen LogP contribution >= 0.6 is 0 Å². The Morgan fingerprint density at radius 1 is 0.851 bits per heavy atom. The highest BCUT2D eigenvalue weighted by atomic mass is 16.2. The number of imide groups is 1. The van der Waals surface area contributed by atoms with Crippen LogP contribution < -0.4 is 20.4 Å². The average Bonchev–Trinajstić information content (AvgIpc) is 3.09. The molecule has 1 atom stereocenters. The molecule has 252 valence electrons. The summed E-state index contributed by atoms with van der Waals surface area (Å²) in [6.07, 6.45) is 8.79. The second-order valence-electron chi connectivity index (χ2n) is 13.6. The third-order valence-corrected chi connectivity index (χ3v) is 10.4. The lowest BCUT2D eigenvalue weighted by atomic mass is 9.95. The zero-order chi connectivity index (χ0) is 32.8. The van der Waals surface area contributed by atoms with Crippen LogP contribution in [0.25, 0.3) is 0 Å². The second kappa shape index (κ2) is 15.2. The third kappa shape index (κ3) is 8.46. The summed E-state index contributed by atoms with van der Waals surface area (Å²) in [5.74, 6) is 0.576. The first kappa shape index (κ1) is 32.9. The molecule has 2 N–H and O–H groups in total. The van der Waals surface area contributed by atoms with E-state index in [4.69, 9.17) is 0 Å². The van der Waals surface area contributed by atoms with Crippen molar-refractivity contribution < 1.29 is 19.2 Å². The summed E-state index contributed by atoms with van der Waals surface area (Å²) < 4.78 is 0. The minimum Gasteiger partial charge on any atom is -0.369 e. The highest BCUT2D eigenvalue weighted by Gasteiger charge is 2.32. The molecule has 0 radical (unpaired) electrons. The fourth-order valence-corrected chi connectivity index (χ4v) is 7.37. The Kier molecular flexibility index (Phi) is 10.6. The molecular weight excluding hydrogens is 596 g/mol. The number of carbonyl (C=O) groups excluding carboxylic acids is 4. The number of carbonyl (C=O) groups is 4. The molecule has 0 bridgehead atoms. The summed E-state index contributed by atoms with van der Waals surface area (Å²) in [6, 6.07) is 11.6. The summed E-state index contributed by atoms with van der Waals surface area (Å²) >= 11 is 0. The lowest BCUT2D eigenvalue weighted by Gasteiger charge is -2.39. The number of nitrogens with one attached hydrogen (secondary N) is 2. The maximum atomic E-state index is 12.8. The van der Waals surface area contributed by atoms with E-state index < -0.39 is 11.9 Å². The molecule has 1 unspecified atom stereocenters. The van der Waals surface area contributed by atoms with Crippen LogP contribution in [0.1, 0.15) is 73.8 Å². The number of nitrogens with zero attached hydrogens (tertiary/aromatic N) is 6. The van der Waals surface area contributed by atoms with Gasteiger partial charge in [0.25, 0.3) is 5.91 Å². The Labute approximate surface area is 277 Å². The average molecular weight is 645 g/mol. The molecule has 3 saturated heterocycles. The SMILES string of the molecule is CN(C(=O)Cc1ccc(N2CCN(CC3CCN(c4ccc(C(=O)NC5CCCCC5)nn4)CC3)CC2)cc1)C1CCC(=O)NC1=O. The van der Waals surface area contributed by atoms with Crippen LogP contribution in [0, 0.1) is 5.92 Å². The number of hydrogen-bond acceptors (Lipinski definition) is 9. The van der Waals surface area contributed by atoms with Crippen molar-refractivity contribution in [1.29, 1.82) is 0 Å². The van der Waals surface area contributed by atoms with E-state index in [-0.39, 0.29) is 36.6 Å². The predicted octanol–water partition coefficient (Wildman–Crippen LogP) is 2.38. The van der Waals surface area contributed by atoms with Gasteiger partial charge in [-0.25, -0.2) is 0 Å². The van der Waals surface area contributed by atoms with Crippen LogP contribution in [0.15, 0.2) is 36.4 Å². The molecular formula is C35H48N8O4. The lowest BCUT2D eigenvalue weighted by Crippen LogP contribution is -2.53. The molecule has 12 nitrogen and oxygen atoms in total. The van der Waals surface area contributed by atoms with Gasteiger partial charge in [0, 0.05) is 71.0 Å². The molecule has 4 aliphatic rings. The Morgan fingerprint density at radius 3 is 2.23 bits per heavy atom. The second-order valence-corrected chi connectivity index (χ2v) is 13.6. The van der Waals surface area contributed by atoms with Gasteiger partial charge in [0.1, 0.15) is 6.04 Å². The maximum Gasteiger partial charge on any atom is 0.272 e. The van der Waals surface area contributed by atoms with Crippen LogP contribution in [0.4, 0.5) is 11.5 Å². The maximum absolute atomic E-state index is 12.8. The molecule has 1 saturated carbocycles. The van der Waals surface area contributed by atoms with Crippen LogP contribution in [-0.4, -0.2) is 109 Å². The molecule has 2 aromatic rings.